The second kappa shape index (κ2) is 5.73. The highest BCUT2D eigenvalue weighted by atomic mass is 79.9. The molecule has 1 fully saturated rings. The lowest BCUT2D eigenvalue weighted by atomic mass is 10.1. The Hall–Kier alpha value is -0.750. The standard InChI is InChI=1S/C11H13BrN2O2S/c12-9-2-1-5-13-10(9)17-8-3-6-14(7-4-8)11(15)16/h1-2,5,8H,3-4,6-7H2,(H,15,16). The molecule has 4 nitrogen and oxygen atoms in total. The van der Waals surface area contributed by atoms with Gasteiger partial charge in [0.05, 0.1) is 0 Å². The lowest BCUT2D eigenvalue weighted by Gasteiger charge is -2.29. The normalized spacial score (nSPS) is 17.1. The van der Waals surface area contributed by atoms with E-state index in [4.69, 9.17) is 5.11 Å². The zero-order chi connectivity index (χ0) is 12.3. The predicted molar refractivity (Wildman–Crippen MR) is 70.4 cm³/mol. The van der Waals surface area contributed by atoms with Crippen molar-refractivity contribution in [3.05, 3.63) is 22.8 Å². The second-order valence-corrected chi connectivity index (χ2v) is 6.02. The molecule has 0 atom stereocenters. The van der Waals surface area contributed by atoms with E-state index in [-0.39, 0.29) is 0 Å². The van der Waals surface area contributed by atoms with E-state index in [0.717, 1.165) is 22.3 Å². The molecule has 0 saturated carbocycles. The molecule has 6 heteroatoms. The minimum atomic E-state index is -0.813. The van der Waals surface area contributed by atoms with Crippen LogP contribution in [0.2, 0.25) is 0 Å². The van der Waals surface area contributed by atoms with Crippen molar-refractivity contribution in [2.24, 2.45) is 0 Å². The van der Waals surface area contributed by atoms with Crippen LogP contribution in [0.15, 0.2) is 27.8 Å². The molecule has 1 amide bonds. The molecule has 0 bridgehead atoms. The number of piperidine rings is 1. The quantitative estimate of drug-likeness (QED) is 0.911. The van der Waals surface area contributed by atoms with Crippen LogP contribution >= 0.6 is 27.7 Å². The molecule has 1 N–H and O–H groups in total. The molecule has 1 saturated heterocycles. The Bertz CT molecular complexity index is 408. The van der Waals surface area contributed by atoms with E-state index in [1.807, 2.05) is 12.1 Å². The highest BCUT2D eigenvalue weighted by Crippen LogP contribution is 2.33. The average Bonchev–Trinajstić information content (AvgIpc) is 2.33. The van der Waals surface area contributed by atoms with Gasteiger partial charge in [-0.05, 0) is 40.9 Å². The summed E-state index contributed by atoms with van der Waals surface area (Å²) < 4.78 is 1.01. The summed E-state index contributed by atoms with van der Waals surface area (Å²) in [5.41, 5.74) is 0. The summed E-state index contributed by atoms with van der Waals surface area (Å²) in [6.45, 7) is 1.24. The molecule has 0 radical (unpaired) electrons. The third-order valence-electron chi connectivity index (χ3n) is 2.72. The van der Waals surface area contributed by atoms with Crippen LogP contribution in [0.1, 0.15) is 12.8 Å². The van der Waals surface area contributed by atoms with Gasteiger partial charge in [0.15, 0.2) is 0 Å². The Morgan fingerprint density at radius 3 is 2.82 bits per heavy atom. The number of hydrogen-bond donors (Lipinski definition) is 1. The maximum Gasteiger partial charge on any atom is 0.407 e. The van der Waals surface area contributed by atoms with Gasteiger partial charge in [-0.3, -0.25) is 0 Å². The van der Waals surface area contributed by atoms with Crippen molar-refractivity contribution < 1.29 is 9.90 Å². The third-order valence-corrected chi connectivity index (χ3v) is 4.97. The fraction of sp³-hybridized carbons (Fsp3) is 0.455. The van der Waals surface area contributed by atoms with E-state index < -0.39 is 6.09 Å². The predicted octanol–water partition coefficient (Wildman–Crippen LogP) is 3.08. The Balaban J connectivity index is 1.90. The first kappa shape index (κ1) is 12.7. The molecule has 0 unspecified atom stereocenters. The highest BCUT2D eigenvalue weighted by Gasteiger charge is 2.23. The number of pyridine rings is 1. The zero-order valence-corrected chi connectivity index (χ0v) is 11.6. The number of aromatic nitrogens is 1. The largest absolute Gasteiger partial charge is 0.465 e. The SMILES string of the molecule is O=C(O)N1CCC(Sc2ncccc2Br)CC1. The monoisotopic (exact) mass is 316 g/mol. The van der Waals surface area contributed by atoms with Crippen molar-refractivity contribution in [2.75, 3.05) is 13.1 Å². The Labute approximate surface area is 113 Å². The van der Waals surface area contributed by atoms with Crippen molar-refractivity contribution in [3.63, 3.8) is 0 Å². The number of nitrogens with zero attached hydrogens (tertiary/aromatic N) is 2. The molecular formula is C11H13BrN2O2S. The zero-order valence-electron chi connectivity index (χ0n) is 9.17. The van der Waals surface area contributed by atoms with Gasteiger partial charge in [0, 0.05) is 29.0 Å². The first-order valence-electron chi connectivity index (χ1n) is 5.42. The van der Waals surface area contributed by atoms with Crippen LogP contribution in [-0.4, -0.2) is 39.4 Å². The van der Waals surface area contributed by atoms with Crippen molar-refractivity contribution in [2.45, 2.75) is 23.1 Å². The number of halogens is 1. The van der Waals surface area contributed by atoms with Crippen molar-refractivity contribution in [3.8, 4) is 0 Å². The van der Waals surface area contributed by atoms with Crippen LogP contribution in [0, 0.1) is 0 Å². The van der Waals surface area contributed by atoms with Crippen molar-refractivity contribution in [1.82, 2.24) is 9.88 Å². The number of thioether (sulfide) groups is 1. The summed E-state index contributed by atoms with van der Waals surface area (Å²) in [5, 5.41) is 10.3. The molecule has 92 valence electrons. The average molecular weight is 317 g/mol. The van der Waals surface area contributed by atoms with E-state index in [2.05, 4.69) is 20.9 Å². The lowest BCUT2D eigenvalue weighted by Crippen LogP contribution is -2.38. The molecule has 0 spiro atoms. The van der Waals surface area contributed by atoms with Gasteiger partial charge in [-0.25, -0.2) is 9.78 Å². The maximum atomic E-state index is 10.8. The molecule has 1 aliphatic heterocycles. The lowest BCUT2D eigenvalue weighted by molar-refractivity contribution is 0.136. The van der Waals surface area contributed by atoms with Gasteiger partial charge in [0.1, 0.15) is 5.03 Å². The minimum Gasteiger partial charge on any atom is -0.465 e. The second-order valence-electron chi connectivity index (χ2n) is 3.88. The molecule has 2 heterocycles. The summed E-state index contributed by atoms with van der Waals surface area (Å²) in [6, 6.07) is 3.86. The van der Waals surface area contributed by atoms with Crippen molar-refractivity contribution >= 4 is 33.8 Å². The summed E-state index contributed by atoms with van der Waals surface area (Å²) in [5.74, 6) is 0. The summed E-state index contributed by atoms with van der Waals surface area (Å²) in [4.78, 5) is 16.6. The maximum absolute atomic E-state index is 10.8. The molecule has 2 rings (SSSR count). The Kier molecular flexibility index (Phi) is 4.28. The molecule has 1 aromatic rings. The van der Waals surface area contributed by atoms with Gasteiger partial charge in [-0.2, -0.15) is 0 Å². The van der Waals surface area contributed by atoms with Crippen LogP contribution < -0.4 is 0 Å². The van der Waals surface area contributed by atoms with Gasteiger partial charge in [-0.15, -0.1) is 11.8 Å². The number of likely N-dealkylation sites (tertiary alicyclic amines) is 1. The molecular weight excluding hydrogens is 304 g/mol. The van der Waals surface area contributed by atoms with Crippen molar-refractivity contribution in [1.29, 1.82) is 0 Å². The van der Waals surface area contributed by atoms with Gasteiger partial charge in [0.2, 0.25) is 0 Å². The fourth-order valence-corrected chi connectivity index (χ4v) is 3.38. The number of carboxylic acid groups (broad SMARTS) is 1. The van der Waals surface area contributed by atoms with Gasteiger partial charge < -0.3 is 10.0 Å². The Morgan fingerprint density at radius 2 is 2.24 bits per heavy atom. The molecule has 17 heavy (non-hydrogen) atoms. The van der Waals surface area contributed by atoms with Gasteiger partial charge in [0.25, 0.3) is 0 Å². The van der Waals surface area contributed by atoms with E-state index in [1.54, 1.807) is 18.0 Å². The van der Waals surface area contributed by atoms with Crippen LogP contribution in [0.25, 0.3) is 0 Å². The smallest absolute Gasteiger partial charge is 0.407 e. The van der Waals surface area contributed by atoms with E-state index in [0.29, 0.717) is 18.3 Å². The number of carbonyl (C=O) groups is 1. The summed E-state index contributed by atoms with van der Waals surface area (Å²) in [7, 11) is 0. The first-order chi connectivity index (χ1) is 8.16. The van der Waals surface area contributed by atoms with E-state index >= 15 is 0 Å². The van der Waals surface area contributed by atoms with Crippen LogP contribution in [-0.2, 0) is 0 Å². The molecule has 0 aromatic carbocycles. The minimum absolute atomic E-state index is 0.455. The van der Waals surface area contributed by atoms with Crippen LogP contribution in [0.5, 0.6) is 0 Å². The van der Waals surface area contributed by atoms with Gasteiger partial charge in [-0.1, -0.05) is 0 Å². The van der Waals surface area contributed by atoms with E-state index in [1.165, 1.54) is 4.90 Å². The molecule has 1 aromatic heterocycles. The summed E-state index contributed by atoms with van der Waals surface area (Å²) in [6.07, 6.45) is 2.74. The Morgan fingerprint density at radius 1 is 1.53 bits per heavy atom. The van der Waals surface area contributed by atoms with Crippen LogP contribution in [0.4, 0.5) is 4.79 Å². The summed E-state index contributed by atoms with van der Waals surface area (Å²) >= 11 is 5.20. The first-order valence-corrected chi connectivity index (χ1v) is 7.09. The van der Waals surface area contributed by atoms with Gasteiger partial charge >= 0.3 is 6.09 Å². The third kappa shape index (κ3) is 3.35. The number of hydrogen-bond acceptors (Lipinski definition) is 3. The molecule has 1 aliphatic rings. The number of amides is 1. The molecule has 0 aliphatic carbocycles. The van der Waals surface area contributed by atoms with E-state index in [9.17, 15) is 4.79 Å². The fourth-order valence-electron chi connectivity index (χ4n) is 1.78. The number of rotatable bonds is 2. The van der Waals surface area contributed by atoms with Crippen LogP contribution in [0.3, 0.4) is 0 Å². The highest BCUT2D eigenvalue weighted by molar-refractivity contribution is 9.10. The topological polar surface area (TPSA) is 53.4 Å².